The number of ether oxygens (including phenoxy) is 1. The smallest absolute Gasteiger partial charge is 0.316 e. The molecule has 1 aliphatic rings. The van der Waals surface area contributed by atoms with Gasteiger partial charge in [0.05, 0.1) is 6.42 Å². The Bertz CT molecular complexity index is 1080. The number of primary amides is 1. The Morgan fingerprint density at radius 1 is 1.03 bits per heavy atom. The second-order valence-electron chi connectivity index (χ2n) is 7.35. The van der Waals surface area contributed by atoms with Crippen molar-refractivity contribution in [3.8, 4) is 5.75 Å². The third-order valence-electron chi connectivity index (χ3n) is 5.08. The first-order valence-electron chi connectivity index (χ1n) is 10.1. The number of carbonyl (C=O) groups is 2. The highest BCUT2D eigenvalue weighted by molar-refractivity contribution is 6.30. The third-order valence-corrected chi connectivity index (χ3v) is 5.33. The van der Waals surface area contributed by atoms with Gasteiger partial charge in [-0.15, -0.1) is 0 Å². The molecule has 0 unspecified atom stereocenters. The first-order valence-corrected chi connectivity index (χ1v) is 10.5. The number of amides is 2. The normalized spacial score (nSPS) is 13.8. The average molecular weight is 456 g/mol. The maximum Gasteiger partial charge on any atom is 0.316 e. The summed E-state index contributed by atoms with van der Waals surface area (Å²) in [7, 11) is 0. The number of aromatic nitrogens is 2. The summed E-state index contributed by atoms with van der Waals surface area (Å²) < 4.78 is 10.8. The fourth-order valence-corrected chi connectivity index (χ4v) is 3.53. The molecule has 2 amide bonds. The van der Waals surface area contributed by atoms with Crippen LogP contribution in [0, 0.1) is 0 Å². The van der Waals surface area contributed by atoms with E-state index in [2.05, 4.69) is 15.0 Å². The lowest BCUT2D eigenvalue weighted by Gasteiger charge is -2.35. The van der Waals surface area contributed by atoms with Crippen LogP contribution in [0.25, 0.3) is 0 Å². The highest BCUT2D eigenvalue weighted by atomic mass is 35.5. The van der Waals surface area contributed by atoms with Crippen molar-refractivity contribution in [2.75, 3.05) is 31.1 Å². The van der Waals surface area contributed by atoms with Crippen molar-refractivity contribution in [1.82, 2.24) is 15.0 Å². The molecule has 0 saturated carbocycles. The van der Waals surface area contributed by atoms with E-state index in [1.807, 2.05) is 24.3 Å². The maximum absolute atomic E-state index is 12.7. The highest BCUT2D eigenvalue weighted by Crippen LogP contribution is 2.20. The summed E-state index contributed by atoms with van der Waals surface area (Å²) in [5.41, 5.74) is 7.05. The van der Waals surface area contributed by atoms with Crippen molar-refractivity contribution in [3.63, 3.8) is 0 Å². The summed E-state index contributed by atoms with van der Waals surface area (Å²) in [6.07, 6.45) is 0.171. The van der Waals surface area contributed by atoms with Crippen LogP contribution in [0.1, 0.15) is 22.1 Å². The van der Waals surface area contributed by atoms with Gasteiger partial charge < -0.3 is 24.8 Å². The second kappa shape index (κ2) is 9.69. The Hall–Kier alpha value is -3.59. The minimum atomic E-state index is -0.394. The molecule has 32 heavy (non-hydrogen) atoms. The Kier molecular flexibility index (Phi) is 6.55. The van der Waals surface area contributed by atoms with Gasteiger partial charge in [0, 0.05) is 36.9 Å². The van der Waals surface area contributed by atoms with Crippen LogP contribution in [0.4, 0.5) is 5.69 Å². The largest absolute Gasteiger partial charge is 0.485 e. The zero-order valence-electron chi connectivity index (χ0n) is 17.2. The standard InChI is InChI=1S/C22H22ClN5O4/c23-16-3-5-17(6-4-16)27-9-11-28(12-10-27)22(30)21-25-20(26-32-21)14-31-18-7-1-15(2-8-18)13-19(24)29/h1-8H,9-14H2,(H2,24,29). The molecule has 166 valence electrons. The molecule has 2 aromatic carbocycles. The molecule has 9 nitrogen and oxygen atoms in total. The molecule has 4 rings (SSSR count). The van der Waals surface area contributed by atoms with E-state index in [1.165, 1.54) is 0 Å². The molecule has 0 aliphatic carbocycles. The van der Waals surface area contributed by atoms with Crippen LogP contribution in [-0.4, -0.2) is 53.0 Å². The van der Waals surface area contributed by atoms with Gasteiger partial charge in [-0.05, 0) is 42.0 Å². The molecule has 1 aromatic heterocycles. The van der Waals surface area contributed by atoms with Crippen LogP contribution >= 0.6 is 11.6 Å². The summed E-state index contributed by atoms with van der Waals surface area (Å²) in [4.78, 5) is 31.7. The number of nitrogens with two attached hydrogens (primary N) is 1. The Labute approximate surface area is 189 Å². The number of nitrogens with zero attached hydrogens (tertiary/aromatic N) is 4. The molecular weight excluding hydrogens is 434 g/mol. The summed E-state index contributed by atoms with van der Waals surface area (Å²) in [6.45, 7) is 2.55. The Morgan fingerprint density at radius 2 is 1.72 bits per heavy atom. The van der Waals surface area contributed by atoms with E-state index in [4.69, 9.17) is 26.6 Å². The predicted molar refractivity (Wildman–Crippen MR) is 118 cm³/mol. The molecule has 2 N–H and O–H groups in total. The molecule has 0 radical (unpaired) electrons. The number of carbonyl (C=O) groups excluding carboxylic acids is 2. The fourth-order valence-electron chi connectivity index (χ4n) is 3.41. The van der Waals surface area contributed by atoms with Crippen LogP contribution in [-0.2, 0) is 17.8 Å². The molecule has 0 spiro atoms. The van der Waals surface area contributed by atoms with Gasteiger partial charge in [0.1, 0.15) is 5.75 Å². The van der Waals surface area contributed by atoms with Crippen molar-refractivity contribution in [1.29, 1.82) is 0 Å². The topological polar surface area (TPSA) is 115 Å². The number of rotatable bonds is 7. The van der Waals surface area contributed by atoms with Crippen molar-refractivity contribution < 1.29 is 18.8 Å². The Balaban J connectivity index is 1.28. The SMILES string of the molecule is NC(=O)Cc1ccc(OCc2noc(C(=O)N3CCN(c4ccc(Cl)cc4)CC3)n2)cc1. The molecule has 1 aliphatic heterocycles. The Morgan fingerprint density at radius 3 is 2.38 bits per heavy atom. The minimum Gasteiger partial charge on any atom is -0.485 e. The van der Waals surface area contributed by atoms with Gasteiger partial charge in [0.25, 0.3) is 0 Å². The predicted octanol–water partition coefficient (Wildman–Crippen LogP) is 2.29. The van der Waals surface area contributed by atoms with E-state index < -0.39 is 5.91 Å². The first-order chi connectivity index (χ1) is 15.5. The highest BCUT2D eigenvalue weighted by Gasteiger charge is 2.26. The van der Waals surface area contributed by atoms with Gasteiger partial charge >= 0.3 is 11.8 Å². The monoisotopic (exact) mass is 455 g/mol. The van der Waals surface area contributed by atoms with Crippen LogP contribution in [0.5, 0.6) is 5.75 Å². The van der Waals surface area contributed by atoms with E-state index >= 15 is 0 Å². The van der Waals surface area contributed by atoms with Crippen LogP contribution in [0.3, 0.4) is 0 Å². The van der Waals surface area contributed by atoms with E-state index in [-0.39, 0.29) is 30.7 Å². The van der Waals surface area contributed by atoms with Gasteiger partial charge in [-0.3, -0.25) is 9.59 Å². The second-order valence-corrected chi connectivity index (χ2v) is 7.78. The molecule has 1 fully saturated rings. The maximum atomic E-state index is 12.7. The lowest BCUT2D eigenvalue weighted by molar-refractivity contribution is -0.117. The molecule has 2 heterocycles. The average Bonchev–Trinajstić information content (AvgIpc) is 3.27. The summed E-state index contributed by atoms with van der Waals surface area (Å²) in [5.74, 6) is 0.105. The van der Waals surface area contributed by atoms with Crippen molar-refractivity contribution in [2.45, 2.75) is 13.0 Å². The van der Waals surface area contributed by atoms with Gasteiger partial charge in [-0.1, -0.05) is 28.9 Å². The quantitative estimate of drug-likeness (QED) is 0.581. The molecule has 10 heteroatoms. The fraction of sp³-hybridized carbons (Fsp3) is 0.273. The lowest BCUT2D eigenvalue weighted by Crippen LogP contribution is -2.48. The van der Waals surface area contributed by atoms with Gasteiger partial charge in [0.2, 0.25) is 11.7 Å². The van der Waals surface area contributed by atoms with Crippen LogP contribution < -0.4 is 15.4 Å². The molecule has 1 saturated heterocycles. The van der Waals surface area contributed by atoms with E-state index in [0.29, 0.717) is 37.0 Å². The zero-order chi connectivity index (χ0) is 22.5. The van der Waals surface area contributed by atoms with E-state index in [1.54, 1.807) is 29.2 Å². The van der Waals surface area contributed by atoms with Crippen LogP contribution in [0.2, 0.25) is 5.02 Å². The number of benzene rings is 2. The number of hydrogen-bond donors (Lipinski definition) is 1. The van der Waals surface area contributed by atoms with Gasteiger partial charge in [-0.25, -0.2) is 0 Å². The summed E-state index contributed by atoms with van der Waals surface area (Å²) in [5, 5.41) is 4.53. The lowest BCUT2D eigenvalue weighted by atomic mass is 10.1. The summed E-state index contributed by atoms with van der Waals surface area (Å²) >= 11 is 5.95. The van der Waals surface area contributed by atoms with Gasteiger partial charge in [0.15, 0.2) is 6.61 Å². The van der Waals surface area contributed by atoms with Crippen LogP contribution in [0.15, 0.2) is 53.1 Å². The molecule has 0 bridgehead atoms. The van der Waals surface area contributed by atoms with Gasteiger partial charge in [-0.2, -0.15) is 4.98 Å². The van der Waals surface area contributed by atoms with E-state index in [9.17, 15) is 9.59 Å². The van der Waals surface area contributed by atoms with Crippen molar-refractivity contribution >= 4 is 29.1 Å². The minimum absolute atomic E-state index is 0.0519. The van der Waals surface area contributed by atoms with Crippen molar-refractivity contribution in [2.24, 2.45) is 5.73 Å². The number of hydrogen-bond acceptors (Lipinski definition) is 7. The molecule has 3 aromatic rings. The third kappa shape index (κ3) is 5.36. The number of halogens is 1. The molecular formula is C22H22ClN5O4. The zero-order valence-corrected chi connectivity index (χ0v) is 18.0. The first kappa shape index (κ1) is 21.6. The van der Waals surface area contributed by atoms with Crippen molar-refractivity contribution in [3.05, 3.63) is 70.8 Å². The summed E-state index contributed by atoms with van der Waals surface area (Å²) in [6, 6.07) is 14.6. The number of anilines is 1. The van der Waals surface area contributed by atoms with E-state index in [0.717, 1.165) is 11.3 Å². The number of piperazine rings is 1. The molecule has 0 atom stereocenters.